The van der Waals surface area contributed by atoms with E-state index >= 15 is 0 Å². The van der Waals surface area contributed by atoms with E-state index in [4.69, 9.17) is 23.8 Å². The van der Waals surface area contributed by atoms with Crippen LogP contribution < -0.4 is 0 Å². The number of carbonyl (C=O) groups is 2. The van der Waals surface area contributed by atoms with Gasteiger partial charge in [-0.3, -0.25) is 23.2 Å². The van der Waals surface area contributed by atoms with E-state index in [1.165, 1.54) is 0 Å². The number of hydrogen-bond donors (Lipinski definition) is 5. The average Bonchev–Trinajstić information content (AvgIpc) is 3.25. The molecule has 0 bridgehead atoms. The Balaban J connectivity index is 4.76. The van der Waals surface area contributed by atoms with Crippen LogP contribution in [0, 0.1) is 0 Å². The molecule has 0 aliphatic rings. The monoisotopic (exact) mass is 938 g/mol. The van der Waals surface area contributed by atoms with Gasteiger partial charge < -0.3 is 34.4 Å². The van der Waals surface area contributed by atoms with Gasteiger partial charge in [-0.25, -0.2) is 9.13 Å². The van der Waals surface area contributed by atoms with E-state index in [0.717, 1.165) is 64.2 Å². The zero-order valence-electron chi connectivity index (χ0n) is 37.9. The molecule has 5 N–H and O–H groups in total. The highest BCUT2D eigenvalue weighted by molar-refractivity contribution is 7.47. The zero-order valence-corrected chi connectivity index (χ0v) is 39.7. The fraction of sp³-hybridized carbons (Fsp3) is 0.542. The third-order valence-corrected chi connectivity index (χ3v) is 9.83. The third-order valence-electron chi connectivity index (χ3n) is 8.39. The van der Waals surface area contributed by atoms with Crippen molar-refractivity contribution in [2.75, 3.05) is 26.4 Å². The molecule has 362 valence electrons. The van der Waals surface area contributed by atoms with Crippen LogP contribution in [0.4, 0.5) is 0 Å². The second-order valence-corrected chi connectivity index (χ2v) is 17.1. The van der Waals surface area contributed by atoms with Gasteiger partial charge in [0.15, 0.2) is 6.10 Å². The Bertz CT molecular complexity index is 1600. The summed E-state index contributed by atoms with van der Waals surface area (Å²) in [5.74, 6) is -1.23. The van der Waals surface area contributed by atoms with E-state index in [2.05, 4.69) is 108 Å². The standard InChI is InChI=1S/C48H76O14P2/c1-3-5-6-7-8-9-10-11-12-13-14-15-16-19-23-26-29-32-35-39-48(52)62-46(43-61-64(56,57)60-41-45(50)40-59-63(53,54)55)42-58-47(51)38-34-31-28-25-22-20-17-18-21-24-27-30-33-37-44(49)36-4-2/h5-6,8-9,11-12,14-15,17,19-21,23-25,28-30,32-33,44-46,49-50H,3-4,7,10,13,16,18,22,26-27,31,34-43H2,1-2H3,(H,56,57)(H2,53,54,55)/b6-5-,9-8-,12-11-,15-14-,20-17-,23-19-,24-21-,28-25-,32-29-,33-30-/t44?,45-,46+/m0/s1. The molecule has 0 fully saturated rings. The number of phosphoric acid groups is 2. The van der Waals surface area contributed by atoms with Crippen molar-refractivity contribution in [2.45, 2.75) is 141 Å². The minimum atomic E-state index is -4.89. The van der Waals surface area contributed by atoms with Crippen molar-refractivity contribution in [1.82, 2.24) is 0 Å². The molecule has 0 radical (unpaired) electrons. The Morgan fingerprint density at radius 1 is 0.500 bits per heavy atom. The molecule has 64 heavy (non-hydrogen) atoms. The van der Waals surface area contributed by atoms with Gasteiger partial charge in [0.05, 0.1) is 25.9 Å². The molecule has 4 atom stereocenters. The van der Waals surface area contributed by atoms with Crippen LogP contribution in [0.15, 0.2) is 122 Å². The number of aliphatic hydroxyl groups is 2. The Morgan fingerprint density at radius 3 is 1.42 bits per heavy atom. The fourth-order valence-corrected chi connectivity index (χ4v) is 6.24. The summed E-state index contributed by atoms with van der Waals surface area (Å²) < 4.78 is 47.6. The SMILES string of the molecule is CC/C=C\C/C=C\C/C=C\C/C=C\C/C=C\C/C=C\CCC(=O)O[C@H](COC(=O)CCC/C=C\C/C=C\C/C=C\C/C=C\CC(O)CCC)COP(=O)(O)OC[C@@H](O)COP(=O)(O)O. The molecule has 16 heteroatoms. The van der Waals surface area contributed by atoms with Crippen LogP contribution in [0.1, 0.15) is 123 Å². The van der Waals surface area contributed by atoms with Gasteiger partial charge in [-0.2, -0.15) is 0 Å². The van der Waals surface area contributed by atoms with E-state index in [1.807, 2.05) is 36.5 Å². The Hall–Kier alpha value is -3.52. The maximum atomic E-state index is 12.6. The summed E-state index contributed by atoms with van der Waals surface area (Å²) >= 11 is 0. The number of rotatable bonds is 40. The Labute approximate surface area is 382 Å². The van der Waals surface area contributed by atoms with Crippen molar-refractivity contribution in [2.24, 2.45) is 0 Å². The highest BCUT2D eigenvalue weighted by Gasteiger charge is 2.28. The quantitative estimate of drug-likeness (QED) is 0.0167. The number of phosphoric ester groups is 2. The molecule has 2 unspecified atom stereocenters. The van der Waals surface area contributed by atoms with Crippen LogP contribution in [0.25, 0.3) is 0 Å². The van der Waals surface area contributed by atoms with Crippen molar-refractivity contribution in [3.8, 4) is 0 Å². The highest BCUT2D eigenvalue weighted by atomic mass is 31.2. The van der Waals surface area contributed by atoms with Gasteiger partial charge >= 0.3 is 27.6 Å². The number of carbonyl (C=O) groups excluding carboxylic acids is 2. The lowest BCUT2D eigenvalue weighted by molar-refractivity contribution is -0.161. The lowest BCUT2D eigenvalue weighted by atomic mass is 10.1. The molecule has 0 heterocycles. The van der Waals surface area contributed by atoms with Crippen LogP contribution in [0.2, 0.25) is 0 Å². The molecule has 0 spiro atoms. The summed E-state index contributed by atoms with van der Waals surface area (Å²) in [5.41, 5.74) is 0. The summed E-state index contributed by atoms with van der Waals surface area (Å²) in [6.07, 6.45) is 49.9. The molecule has 0 aromatic rings. The van der Waals surface area contributed by atoms with Gasteiger partial charge in [0, 0.05) is 12.8 Å². The molecule has 0 aromatic carbocycles. The van der Waals surface area contributed by atoms with Gasteiger partial charge in [-0.15, -0.1) is 0 Å². The van der Waals surface area contributed by atoms with E-state index in [-0.39, 0.29) is 18.9 Å². The van der Waals surface area contributed by atoms with Crippen LogP contribution in [-0.2, 0) is 41.8 Å². The van der Waals surface area contributed by atoms with Crippen molar-refractivity contribution < 1.29 is 66.7 Å². The second-order valence-electron chi connectivity index (χ2n) is 14.4. The summed E-state index contributed by atoms with van der Waals surface area (Å²) in [4.78, 5) is 52.7. The van der Waals surface area contributed by atoms with Gasteiger partial charge in [0.1, 0.15) is 12.7 Å². The van der Waals surface area contributed by atoms with E-state index in [1.54, 1.807) is 0 Å². The number of esters is 2. The van der Waals surface area contributed by atoms with E-state index < -0.39 is 66.2 Å². The molecule has 0 aliphatic carbocycles. The number of aliphatic hydroxyl groups excluding tert-OH is 2. The van der Waals surface area contributed by atoms with Gasteiger partial charge in [-0.05, 0) is 89.9 Å². The summed E-state index contributed by atoms with van der Waals surface area (Å²) in [7, 11) is -9.75. The lowest BCUT2D eigenvalue weighted by Crippen LogP contribution is -2.29. The first-order chi connectivity index (χ1) is 30.8. The second kappa shape index (κ2) is 42.1. The van der Waals surface area contributed by atoms with E-state index in [0.29, 0.717) is 32.1 Å². The molecule has 0 aromatic heterocycles. The number of unbranched alkanes of at least 4 members (excludes halogenated alkanes) is 1. The first-order valence-corrected chi connectivity index (χ1v) is 25.3. The topological polar surface area (TPSA) is 216 Å². The van der Waals surface area contributed by atoms with Gasteiger partial charge in [-0.1, -0.05) is 142 Å². The van der Waals surface area contributed by atoms with E-state index in [9.17, 15) is 33.8 Å². The average molecular weight is 939 g/mol. The van der Waals surface area contributed by atoms with Crippen molar-refractivity contribution in [3.05, 3.63) is 122 Å². The normalized spacial score (nSPS) is 15.5. The predicted molar refractivity (Wildman–Crippen MR) is 254 cm³/mol. The minimum absolute atomic E-state index is 0.0207. The Kier molecular flexibility index (Phi) is 39.8. The highest BCUT2D eigenvalue weighted by Crippen LogP contribution is 2.43. The number of allylic oxidation sites excluding steroid dienone is 19. The summed E-state index contributed by atoms with van der Waals surface area (Å²) in [6, 6.07) is 0. The minimum Gasteiger partial charge on any atom is -0.462 e. The Morgan fingerprint density at radius 2 is 0.938 bits per heavy atom. The van der Waals surface area contributed by atoms with Crippen LogP contribution in [0.3, 0.4) is 0 Å². The smallest absolute Gasteiger partial charge is 0.462 e. The molecule has 0 saturated carbocycles. The molecular formula is C48H76O14P2. The largest absolute Gasteiger partial charge is 0.472 e. The predicted octanol–water partition coefficient (Wildman–Crippen LogP) is 10.6. The maximum Gasteiger partial charge on any atom is 0.472 e. The first kappa shape index (κ1) is 60.5. The van der Waals surface area contributed by atoms with Crippen LogP contribution in [0.5, 0.6) is 0 Å². The van der Waals surface area contributed by atoms with Crippen molar-refractivity contribution in [3.63, 3.8) is 0 Å². The van der Waals surface area contributed by atoms with Crippen LogP contribution >= 0.6 is 15.6 Å². The first-order valence-electron chi connectivity index (χ1n) is 22.3. The molecule has 0 amide bonds. The summed E-state index contributed by atoms with van der Waals surface area (Å²) in [6.45, 7) is 1.27. The lowest BCUT2D eigenvalue weighted by Gasteiger charge is -2.20. The third kappa shape index (κ3) is 45.1. The van der Waals surface area contributed by atoms with Crippen molar-refractivity contribution >= 4 is 27.6 Å². The maximum absolute atomic E-state index is 12.6. The summed E-state index contributed by atoms with van der Waals surface area (Å²) in [5, 5.41) is 19.5. The molecule has 14 nitrogen and oxygen atoms in total. The molecule has 0 rings (SSSR count). The molecular weight excluding hydrogens is 862 g/mol. The molecule has 0 aliphatic heterocycles. The molecule has 0 saturated heterocycles. The van der Waals surface area contributed by atoms with Crippen LogP contribution in [-0.4, -0.2) is 81.6 Å². The van der Waals surface area contributed by atoms with Gasteiger partial charge in [0.25, 0.3) is 0 Å². The van der Waals surface area contributed by atoms with Gasteiger partial charge in [0.2, 0.25) is 0 Å². The number of hydrogen-bond acceptors (Lipinski definition) is 11. The number of ether oxygens (including phenoxy) is 2. The fourth-order valence-electron chi connectivity index (χ4n) is 5.09. The van der Waals surface area contributed by atoms with Crippen molar-refractivity contribution in [1.29, 1.82) is 0 Å². The zero-order chi connectivity index (χ0) is 47.4.